The van der Waals surface area contributed by atoms with Crippen LogP contribution in [0.1, 0.15) is 30.9 Å². The van der Waals surface area contributed by atoms with E-state index in [0.29, 0.717) is 18.9 Å². The predicted molar refractivity (Wildman–Crippen MR) is 132 cm³/mol. The Morgan fingerprint density at radius 3 is 2.43 bits per heavy atom. The Balaban J connectivity index is 1.55. The molecule has 5 rings (SSSR count). The molecular weight excluding hydrogens is 507 g/mol. The fourth-order valence-electron chi connectivity index (χ4n) is 4.65. The number of hydrogen-bond donors (Lipinski definition) is 1. The summed E-state index contributed by atoms with van der Waals surface area (Å²) in [7, 11) is 0. The second kappa shape index (κ2) is 10.0. The number of amides is 2. The lowest BCUT2D eigenvalue weighted by atomic mass is 9.87. The zero-order chi connectivity index (χ0) is 26.2. The van der Waals surface area contributed by atoms with Crippen molar-refractivity contribution in [3.05, 3.63) is 83.4 Å². The molecule has 1 saturated carbocycles. The minimum Gasteiger partial charge on any atom is -0.351 e. The molecule has 2 fully saturated rings. The van der Waals surface area contributed by atoms with Crippen LogP contribution in [0.25, 0.3) is 0 Å². The zero-order valence-electron chi connectivity index (χ0n) is 19.5. The molecule has 2 aromatic carbocycles. The summed E-state index contributed by atoms with van der Waals surface area (Å²) in [6.07, 6.45) is 2.57. The first-order valence-corrected chi connectivity index (χ1v) is 12.2. The standard InChI is InChI=1S/C26H23ClF3N5O2/c27-20-8-2-1-7-19(20)22(23(36)33-17-14-26(29,30)15-17)35(18-6-3-5-16(28)13-18)24(37)21-9-12-34(21)25-31-10-4-11-32-25/h1-8,10-11,13,17,21-22H,9,12,14-15H2,(H,33,36)/t21-,22-/m0/s1. The van der Waals surface area contributed by atoms with Crippen LogP contribution in [0.5, 0.6) is 0 Å². The van der Waals surface area contributed by atoms with Gasteiger partial charge in [0.15, 0.2) is 0 Å². The number of carbonyl (C=O) groups is 2. The van der Waals surface area contributed by atoms with Crippen LogP contribution in [0.15, 0.2) is 67.0 Å². The molecule has 11 heteroatoms. The van der Waals surface area contributed by atoms with Crippen molar-refractivity contribution in [2.75, 3.05) is 16.3 Å². The minimum atomic E-state index is -2.85. The monoisotopic (exact) mass is 529 g/mol. The third-order valence-corrected chi connectivity index (χ3v) is 6.92. The lowest BCUT2D eigenvalue weighted by molar-refractivity contribution is -0.133. The Morgan fingerprint density at radius 2 is 1.81 bits per heavy atom. The molecule has 0 spiro atoms. The summed E-state index contributed by atoms with van der Waals surface area (Å²) in [5, 5.41) is 2.83. The number of hydrogen-bond acceptors (Lipinski definition) is 5. The Hall–Kier alpha value is -3.66. The van der Waals surface area contributed by atoms with Gasteiger partial charge in [0, 0.05) is 54.1 Å². The van der Waals surface area contributed by atoms with Gasteiger partial charge in [0.05, 0.1) is 0 Å². The molecule has 2 heterocycles. The van der Waals surface area contributed by atoms with E-state index in [1.165, 1.54) is 23.1 Å². The fraction of sp³-hybridized carbons (Fsp3) is 0.308. The van der Waals surface area contributed by atoms with Crippen LogP contribution in [-0.2, 0) is 9.59 Å². The maximum atomic E-state index is 14.4. The molecule has 192 valence electrons. The average Bonchev–Trinajstić information content (AvgIpc) is 2.82. The number of halogens is 4. The summed E-state index contributed by atoms with van der Waals surface area (Å²) in [5.74, 6) is -4.29. The van der Waals surface area contributed by atoms with Crippen molar-refractivity contribution in [3.8, 4) is 0 Å². The van der Waals surface area contributed by atoms with Crippen LogP contribution in [-0.4, -0.2) is 46.3 Å². The number of benzene rings is 2. The van der Waals surface area contributed by atoms with Gasteiger partial charge in [0.1, 0.15) is 17.9 Å². The number of aromatic nitrogens is 2. The van der Waals surface area contributed by atoms with Crippen LogP contribution >= 0.6 is 11.6 Å². The highest BCUT2D eigenvalue weighted by Crippen LogP contribution is 2.39. The molecule has 1 saturated heterocycles. The maximum Gasteiger partial charge on any atom is 0.252 e. The van der Waals surface area contributed by atoms with Gasteiger partial charge in [0.25, 0.3) is 11.8 Å². The second-order valence-corrected chi connectivity index (χ2v) is 9.54. The lowest BCUT2D eigenvalue weighted by Crippen LogP contribution is -2.60. The molecule has 37 heavy (non-hydrogen) atoms. The molecule has 1 aliphatic carbocycles. The molecule has 1 N–H and O–H groups in total. The van der Waals surface area contributed by atoms with Crippen LogP contribution in [0.3, 0.4) is 0 Å². The zero-order valence-corrected chi connectivity index (χ0v) is 20.3. The molecule has 3 aromatic rings. The van der Waals surface area contributed by atoms with Gasteiger partial charge in [0.2, 0.25) is 11.9 Å². The smallest absolute Gasteiger partial charge is 0.252 e. The van der Waals surface area contributed by atoms with Gasteiger partial charge in [-0.3, -0.25) is 14.5 Å². The van der Waals surface area contributed by atoms with E-state index >= 15 is 0 Å². The first kappa shape index (κ1) is 25.0. The number of rotatable bonds is 7. The van der Waals surface area contributed by atoms with Crippen molar-refractivity contribution in [2.45, 2.75) is 43.3 Å². The molecule has 1 aliphatic heterocycles. The number of anilines is 2. The van der Waals surface area contributed by atoms with Gasteiger partial charge in [-0.05, 0) is 36.8 Å². The number of nitrogens with zero attached hydrogens (tertiary/aromatic N) is 4. The molecule has 1 aromatic heterocycles. The average molecular weight is 530 g/mol. The molecule has 2 amide bonds. The summed E-state index contributed by atoms with van der Waals surface area (Å²) in [6.45, 7) is 0.511. The highest BCUT2D eigenvalue weighted by atomic mass is 35.5. The van der Waals surface area contributed by atoms with Crippen LogP contribution in [0.2, 0.25) is 5.02 Å². The number of carbonyl (C=O) groups excluding carboxylic acids is 2. The van der Waals surface area contributed by atoms with Gasteiger partial charge in [-0.25, -0.2) is 23.1 Å². The number of alkyl halides is 2. The first-order chi connectivity index (χ1) is 17.7. The van der Waals surface area contributed by atoms with Crippen LogP contribution in [0.4, 0.5) is 24.8 Å². The Kier molecular flexibility index (Phi) is 6.76. The third kappa shape index (κ3) is 5.11. The second-order valence-electron chi connectivity index (χ2n) is 9.13. The molecular formula is C26H23ClF3N5O2. The van der Waals surface area contributed by atoms with Crippen LogP contribution in [0, 0.1) is 5.82 Å². The van der Waals surface area contributed by atoms with E-state index in [0.717, 1.165) is 6.07 Å². The van der Waals surface area contributed by atoms with E-state index in [1.807, 2.05) is 0 Å². The largest absolute Gasteiger partial charge is 0.351 e. The molecule has 0 bridgehead atoms. The van der Waals surface area contributed by atoms with Crippen molar-refractivity contribution in [3.63, 3.8) is 0 Å². The molecule has 7 nitrogen and oxygen atoms in total. The predicted octanol–water partition coefficient (Wildman–Crippen LogP) is 4.54. The van der Waals surface area contributed by atoms with Crippen molar-refractivity contribution in [1.29, 1.82) is 0 Å². The maximum absolute atomic E-state index is 14.4. The van der Waals surface area contributed by atoms with Gasteiger partial charge < -0.3 is 10.2 Å². The van der Waals surface area contributed by atoms with E-state index in [1.54, 1.807) is 47.6 Å². The highest BCUT2D eigenvalue weighted by molar-refractivity contribution is 6.31. The van der Waals surface area contributed by atoms with Crippen molar-refractivity contribution < 1.29 is 22.8 Å². The summed E-state index contributed by atoms with van der Waals surface area (Å²) >= 11 is 6.47. The quantitative estimate of drug-likeness (QED) is 0.486. The van der Waals surface area contributed by atoms with Gasteiger partial charge >= 0.3 is 0 Å². The SMILES string of the molecule is O=C(NC1CC(F)(F)C1)[C@H](c1ccccc1Cl)N(C(=O)[C@@H]1CCN1c1ncccn1)c1cccc(F)c1. The Labute approximate surface area is 216 Å². The van der Waals surface area contributed by atoms with Gasteiger partial charge in [-0.2, -0.15) is 0 Å². The normalized spacial score (nSPS) is 19.4. The number of nitrogens with one attached hydrogen (secondary N) is 1. The summed E-state index contributed by atoms with van der Waals surface area (Å²) in [5.41, 5.74) is 0.414. The molecule has 2 aliphatic rings. The highest BCUT2D eigenvalue weighted by Gasteiger charge is 2.48. The van der Waals surface area contributed by atoms with Crippen LogP contribution < -0.4 is 15.1 Å². The third-order valence-electron chi connectivity index (χ3n) is 6.58. The summed E-state index contributed by atoms with van der Waals surface area (Å²) in [6, 6.07) is 10.6. The summed E-state index contributed by atoms with van der Waals surface area (Å²) in [4.78, 5) is 39.1. The van der Waals surface area contributed by atoms with E-state index in [4.69, 9.17) is 11.6 Å². The molecule has 0 unspecified atom stereocenters. The topological polar surface area (TPSA) is 78.4 Å². The Bertz CT molecular complexity index is 1300. The summed E-state index contributed by atoms with van der Waals surface area (Å²) < 4.78 is 41.3. The molecule has 2 atom stereocenters. The van der Waals surface area contributed by atoms with Crippen molar-refractivity contribution >= 4 is 35.1 Å². The first-order valence-electron chi connectivity index (χ1n) is 11.8. The lowest BCUT2D eigenvalue weighted by Gasteiger charge is -2.44. The van der Waals surface area contributed by atoms with Crippen molar-refractivity contribution in [1.82, 2.24) is 15.3 Å². The van der Waals surface area contributed by atoms with E-state index in [-0.39, 0.29) is 16.3 Å². The van der Waals surface area contributed by atoms with E-state index in [2.05, 4.69) is 15.3 Å². The van der Waals surface area contributed by atoms with Crippen molar-refractivity contribution in [2.24, 2.45) is 0 Å². The van der Waals surface area contributed by atoms with E-state index < -0.39 is 54.5 Å². The molecule has 0 radical (unpaired) electrons. The Morgan fingerprint density at radius 1 is 1.08 bits per heavy atom. The van der Waals surface area contributed by atoms with Gasteiger partial charge in [-0.1, -0.05) is 35.9 Å². The van der Waals surface area contributed by atoms with Gasteiger partial charge in [-0.15, -0.1) is 0 Å². The fourth-order valence-corrected chi connectivity index (χ4v) is 4.89. The minimum absolute atomic E-state index is 0.129. The van der Waals surface area contributed by atoms with E-state index in [9.17, 15) is 22.8 Å².